The molecule has 0 aliphatic rings. The van der Waals surface area contributed by atoms with Crippen LogP contribution in [0.1, 0.15) is 18.6 Å². The minimum absolute atomic E-state index is 0.0348. The first kappa shape index (κ1) is 16.4. The summed E-state index contributed by atoms with van der Waals surface area (Å²) < 4.78 is 6.69. The van der Waals surface area contributed by atoms with Gasteiger partial charge in [-0.1, -0.05) is 18.2 Å². The molecule has 0 fully saturated rings. The van der Waals surface area contributed by atoms with E-state index >= 15 is 0 Å². The number of carbonyl (C=O) groups is 1. The fourth-order valence-corrected chi connectivity index (χ4v) is 1.95. The summed E-state index contributed by atoms with van der Waals surface area (Å²) in [6, 6.07) is 11.2. The van der Waals surface area contributed by atoms with Crippen LogP contribution in [0.4, 0.5) is 5.69 Å². The average Bonchev–Trinajstić information content (AvgIpc) is 2.52. The number of para-hydroxylation sites is 2. The molecule has 23 heavy (non-hydrogen) atoms. The molecule has 1 aromatic heterocycles. The van der Waals surface area contributed by atoms with E-state index in [9.17, 15) is 14.9 Å². The number of hydrogen-bond acceptors (Lipinski definition) is 5. The zero-order chi connectivity index (χ0) is 16.8. The molecule has 0 aliphatic heterocycles. The molecule has 0 aliphatic carbocycles. The zero-order valence-corrected chi connectivity index (χ0v) is 12.9. The van der Waals surface area contributed by atoms with E-state index in [1.807, 2.05) is 13.8 Å². The summed E-state index contributed by atoms with van der Waals surface area (Å²) in [6.07, 6.45) is 1.59. The third-order valence-corrected chi connectivity index (χ3v) is 2.91. The predicted octanol–water partition coefficient (Wildman–Crippen LogP) is 2.42. The largest absolute Gasteiger partial charge is 0.477 e. The van der Waals surface area contributed by atoms with Crippen LogP contribution in [0.5, 0.6) is 5.75 Å². The summed E-state index contributed by atoms with van der Waals surface area (Å²) in [5, 5.41) is 10.9. The fourth-order valence-electron chi connectivity index (χ4n) is 1.95. The Hall–Kier alpha value is -2.96. The van der Waals surface area contributed by atoms with Crippen LogP contribution in [0.3, 0.4) is 0 Å². The van der Waals surface area contributed by atoms with Crippen molar-refractivity contribution in [2.75, 3.05) is 6.61 Å². The Kier molecular flexibility index (Phi) is 5.24. The van der Waals surface area contributed by atoms with Crippen LogP contribution < -0.4 is 10.2 Å². The van der Waals surface area contributed by atoms with Crippen LogP contribution in [-0.2, 0) is 0 Å². The first-order valence-corrected chi connectivity index (χ1v) is 7.10. The minimum atomic E-state index is -0.547. The molecule has 2 rings (SSSR count). The van der Waals surface area contributed by atoms with E-state index < -0.39 is 4.92 Å². The van der Waals surface area contributed by atoms with Crippen LogP contribution >= 0.6 is 0 Å². The number of nitro groups is 1. The van der Waals surface area contributed by atoms with Gasteiger partial charge in [0.25, 0.3) is 5.91 Å². The Morgan fingerprint density at radius 3 is 2.65 bits per heavy atom. The highest BCUT2D eigenvalue weighted by molar-refractivity contribution is 5.80. The second-order valence-electron chi connectivity index (χ2n) is 5.06. The number of aromatic nitrogens is 1. The summed E-state index contributed by atoms with van der Waals surface area (Å²) in [4.78, 5) is 27.1. The van der Waals surface area contributed by atoms with E-state index in [4.69, 9.17) is 4.74 Å². The van der Waals surface area contributed by atoms with Crippen molar-refractivity contribution in [3.63, 3.8) is 0 Å². The van der Waals surface area contributed by atoms with Gasteiger partial charge < -0.3 is 4.74 Å². The maximum atomic E-state index is 12.3. The molecule has 0 unspecified atom stereocenters. The highest BCUT2D eigenvalue weighted by Gasteiger charge is 2.15. The lowest BCUT2D eigenvalue weighted by molar-refractivity contribution is -0.385. The first-order chi connectivity index (χ1) is 11.0. The van der Waals surface area contributed by atoms with Crippen molar-refractivity contribution in [2.24, 2.45) is 4.99 Å². The Morgan fingerprint density at radius 2 is 1.96 bits per heavy atom. The van der Waals surface area contributed by atoms with Gasteiger partial charge >= 0.3 is 5.69 Å². The van der Waals surface area contributed by atoms with Gasteiger partial charge in [0.2, 0.25) is 0 Å². The number of pyridine rings is 1. The molecular weight excluding hydrogens is 298 g/mol. The Morgan fingerprint density at radius 1 is 1.26 bits per heavy atom. The minimum Gasteiger partial charge on any atom is -0.477 e. The summed E-state index contributed by atoms with van der Waals surface area (Å²) in [5.41, 5.74) is 0.337. The molecule has 7 nitrogen and oxygen atoms in total. The molecule has 1 heterocycles. The number of rotatable bonds is 5. The summed E-state index contributed by atoms with van der Waals surface area (Å²) in [5.74, 6) is -0.298. The van der Waals surface area contributed by atoms with Gasteiger partial charge in [0, 0.05) is 18.3 Å². The van der Waals surface area contributed by atoms with Crippen molar-refractivity contribution in [3.8, 4) is 5.75 Å². The number of ether oxygens (including phenoxy) is 1. The molecule has 2 aromatic rings. The van der Waals surface area contributed by atoms with E-state index in [0.29, 0.717) is 5.49 Å². The number of carbonyl (C=O) groups excluding carboxylic acids is 1. The van der Waals surface area contributed by atoms with Crippen molar-refractivity contribution < 1.29 is 14.5 Å². The molecule has 120 valence electrons. The molecule has 0 N–H and O–H groups in total. The van der Waals surface area contributed by atoms with E-state index in [0.717, 1.165) is 0 Å². The van der Waals surface area contributed by atoms with Crippen molar-refractivity contribution in [1.29, 1.82) is 0 Å². The van der Waals surface area contributed by atoms with Gasteiger partial charge in [-0.25, -0.2) is 0 Å². The van der Waals surface area contributed by atoms with E-state index in [-0.39, 0.29) is 30.0 Å². The third-order valence-electron chi connectivity index (χ3n) is 2.91. The van der Waals surface area contributed by atoms with E-state index in [2.05, 4.69) is 4.99 Å². The van der Waals surface area contributed by atoms with Crippen LogP contribution in [0.2, 0.25) is 0 Å². The maximum Gasteiger partial charge on any atom is 0.310 e. The molecule has 0 saturated heterocycles. The van der Waals surface area contributed by atoms with Gasteiger partial charge in [-0.3, -0.25) is 24.5 Å². The number of nitro benzene ring substituents is 1. The van der Waals surface area contributed by atoms with Gasteiger partial charge in [-0.2, -0.15) is 0 Å². The first-order valence-electron chi connectivity index (χ1n) is 7.10. The molecule has 0 bridgehead atoms. The van der Waals surface area contributed by atoms with E-state index in [1.165, 1.54) is 16.7 Å². The average molecular weight is 315 g/mol. The highest BCUT2D eigenvalue weighted by Crippen LogP contribution is 2.25. The molecule has 0 atom stereocenters. The normalized spacial score (nSPS) is 11.5. The van der Waals surface area contributed by atoms with Crippen molar-refractivity contribution >= 4 is 11.6 Å². The lowest BCUT2D eigenvalue weighted by Crippen LogP contribution is -2.31. The maximum absolute atomic E-state index is 12.3. The van der Waals surface area contributed by atoms with Crippen LogP contribution in [0.25, 0.3) is 0 Å². The van der Waals surface area contributed by atoms with Crippen LogP contribution in [0, 0.1) is 10.1 Å². The summed E-state index contributed by atoms with van der Waals surface area (Å²) >= 11 is 0. The Labute approximate surface area is 133 Å². The second kappa shape index (κ2) is 7.35. The number of nitrogens with zero attached hydrogens (tertiary/aromatic N) is 3. The topological polar surface area (TPSA) is 86.7 Å². The molecule has 0 spiro atoms. The van der Waals surface area contributed by atoms with Gasteiger partial charge in [0.15, 0.2) is 12.4 Å². The number of hydrogen-bond donors (Lipinski definition) is 0. The van der Waals surface area contributed by atoms with E-state index in [1.54, 1.807) is 36.5 Å². The molecular formula is C16H17N3O4. The monoisotopic (exact) mass is 315 g/mol. The standard InChI is InChI=1S/C16H17N3O4/c1-12(2)17-15-9-5-6-10-18(15)16(20)11-23-14-8-4-3-7-13(14)19(21)22/h3-10,12H,11H2,1-2H3. The molecule has 0 saturated carbocycles. The van der Waals surface area contributed by atoms with Gasteiger partial charge in [-0.05, 0) is 32.0 Å². The second-order valence-corrected chi connectivity index (χ2v) is 5.06. The van der Waals surface area contributed by atoms with Crippen molar-refractivity contribution in [3.05, 3.63) is 64.3 Å². The smallest absolute Gasteiger partial charge is 0.310 e. The fraction of sp³-hybridized carbons (Fsp3) is 0.250. The third kappa shape index (κ3) is 4.26. The predicted molar refractivity (Wildman–Crippen MR) is 84.3 cm³/mol. The van der Waals surface area contributed by atoms with Crippen LogP contribution in [-0.4, -0.2) is 28.0 Å². The quantitative estimate of drug-likeness (QED) is 0.626. The van der Waals surface area contributed by atoms with Gasteiger partial charge in [-0.15, -0.1) is 0 Å². The molecule has 7 heteroatoms. The highest BCUT2D eigenvalue weighted by atomic mass is 16.6. The molecule has 0 amide bonds. The summed E-state index contributed by atoms with van der Waals surface area (Å²) in [6.45, 7) is 3.50. The van der Waals surface area contributed by atoms with Gasteiger partial charge in [0.1, 0.15) is 5.49 Å². The van der Waals surface area contributed by atoms with Crippen LogP contribution in [0.15, 0.2) is 53.7 Å². The zero-order valence-electron chi connectivity index (χ0n) is 12.9. The Balaban J connectivity index is 2.20. The SMILES string of the molecule is CC(C)N=c1ccccn1C(=O)COc1ccccc1[N+](=O)[O-]. The van der Waals surface area contributed by atoms with Gasteiger partial charge in [0.05, 0.1) is 4.92 Å². The Bertz CT molecular complexity index is 781. The van der Waals surface area contributed by atoms with Crippen molar-refractivity contribution in [1.82, 2.24) is 4.57 Å². The molecule has 1 aromatic carbocycles. The number of benzene rings is 1. The molecule has 0 radical (unpaired) electrons. The lowest BCUT2D eigenvalue weighted by atomic mass is 10.3. The summed E-state index contributed by atoms with van der Waals surface area (Å²) in [7, 11) is 0. The lowest BCUT2D eigenvalue weighted by Gasteiger charge is -2.09. The van der Waals surface area contributed by atoms with Crippen molar-refractivity contribution in [2.45, 2.75) is 19.9 Å².